The van der Waals surface area contributed by atoms with Crippen LogP contribution in [0.5, 0.6) is 0 Å². The van der Waals surface area contributed by atoms with Crippen LogP contribution in [0, 0.1) is 11.3 Å². The highest BCUT2D eigenvalue weighted by molar-refractivity contribution is 7.99. The van der Waals surface area contributed by atoms with Gasteiger partial charge in [-0.15, -0.1) is 0 Å². The molecule has 1 aliphatic carbocycles. The first-order valence-electron chi connectivity index (χ1n) is 5.65. The lowest BCUT2D eigenvalue weighted by molar-refractivity contribution is 0.198. The lowest BCUT2D eigenvalue weighted by atomic mass is 9.96. The third kappa shape index (κ3) is 2.44. The van der Waals surface area contributed by atoms with Gasteiger partial charge in [0.2, 0.25) is 0 Å². The summed E-state index contributed by atoms with van der Waals surface area (Å²) < 4.78 is 5.02. The molecular weight excluding hydrogens is 194 g/mol. The Bertz CT molecular complexity index is 180. The Morgan fingerprint density at radius 1 is 1.43 bits per heavy atom. The van der Waals surface area contributed by atoms with Crippen molar-refractivity contribution in [3.8, 4) is 0 Å². The third-order valence-electron chi connectivity index (χ3n) is 3.72. The summed E-state index contributed by atoms with van der Waals surface area (Å²) in [5.74, 6) is 3.77. The van der Waals surface area contributed by atoms with E-state index in [1.807, 2.05) is 0 Å². The van der Waals surface area contributed by atoms with E-state index < -0.39 is 0 Å². The zero-order valence-corrected chi connectivity index (χ0v) is 9.87. The first-order chi connectivity index (χ1) is 6.87. The van der Waals surface area contributed by atoms with Gasteiger partial charge in [0.05, 0.1) is 6.61 Å². The molecule has 0 radical (unpaired) electrons. The van der Waals surface area contributed by atoms with Crippen LogP contribution in [0.1, 0.15) is 19.3 Å². The molecular formula is C11H21NOS. The Morgan fingerprint density at radius 2 is 2.21 bits per heavy atom. The van der Waals surface area contributed by atoms with E-state index in [2.05, 4.69) is 17.1 Å². The van der Waals surface area contributed by atoms with Crippen molar-refractivity contribution in [2.75, 3.05) is 38.3 Å². The SMILES string of the molecule is COCCNCC1CC12CCSCC2. The van der Waals surface area contributed by atoms with Gasteiger partial charge in [0.15, 0.2) is 0 Å². The summed E-state index contributed by atoms with van der Waals surface area (Å²) in [7, 11) is 1.76. The van der Waals surface area contributed by atoms with E-state index in [-0.39, 0.29) is 0 Å². The molecule has 1 heterocycles. The van der Waals surface area contributed by atoms with Gasteiger partial charge in [0.1, 0.15) is 0 Å². The van der Waals surface area contributed by atoms with Crippen LogP contribution in [-0.2, 0) is 4.74 Å². The molecule has 82 valence electrons. The van der Waals surface area contributed by atoms with E-state index in [4.69, 9.17) is 4.74 Å². The topological polar surface area (TPSA) is 21.3 Å². The summed E-state index contributed by atoms with van der Waals surface area (Å²) >= 11 is 2.13. The fraction of sp³-hybridized carbons (Fsp3) is 1.00. The van der Waals surface area contributed by atoms with Crippen LogP contribution in [0.4, 0.5) is 0 Å². The van der Waals surface area contributed by atoms with Crippen LogP contribution in [0.15, 0.2) is 0 Å². The summed E-state index contributed by atoms with van der Waals surface area (Å²) in [5.41, 5.74) is 0.769. The van der Waals surface area contributed by atoms with Crippen molar-refractivity contribution in [2.24, 2.45) is 11.3 Å². The number of nitrogens with one attached hydrogen (secondary N) is 1. The van der Waals surface area contributed by atoms with Gasteiger partial charge in [0.25, 0.3) is 0 Å². The molecule has 0 bridgehead atoms. The molecule has 2 fully saturated rings. The number of rotatable bonds is 5. The number of hydrogen-bond acceptors (Lipinski definition) is 3. The van der Waals surface area contributed by atoms with Crippen molar-refractivity contribution < 1.29 is 4.74 Å². The molecule has 2 rings (SSSR count). The van der Waals surface area contributed by atoms with E-state index in [1.165, 1.54) is 37.3 Å². The van der Waals surface area contributed by atoms with Crippen molar-refractivity contribution in [2.45, 2.75) is 19.3 Å². The minimum Gasteiger partial charge on any atom is -0.383 e. The van der Waals surface area contributed by atoms with Crippen LogP contribution < -0.4 is 5.32 Å². The Morgan fingerprint density at radius 3 is 2.93 bits per heavy atom. The lowest BCUT2D eigenvalue weighted by Crippen LogP contribution is -2.24. The van der Waals surface area contributed by atoms with E-state index >= 15 is 0 Å². The maximum absolute atomic E-state index is 5.02. The molecule has 2 nitrogen and oxygen atoms in total. The van der Waals surface area contributed by atoms with Crippen LogP contribution in [0.3, 0.4) is 0 Å². The summed E-state index contributed by atoms with van der Waals surface area (Å²) in [6, 6.07) is 0. The zero-order valence-electron chi connectivity index (χ0n) is 9.05. The standard InChI is InChI=1S/C11H21NOS/c1-13-5-4-12-9-10-8-11(10)2-6-14-7-3-11/h10,12H,2-9H2,1H3. The Balaban J connectivity index is 1.60. The summed E-state index contributed by atoms with van der Waals surface area (Å²) in [5, 5.41) is 3.49. The predicted octanol–water partition coefficient (Wildman–Crippen LogP) is 1.76. The number of thioether (sulfide) groups is 1. The molecule has 0 amide bonds. The molecule has 3 heteroatoms. The second-order valence-electron chi connectivity index (χ2n) is 4.57. The fourth-order valence-electron chi connectivity index (χ4n) is 2.56. The molecule has 1 saturated carbocycles. The molecule has 2 aliphatic rings. The zero-order chi connectivity index (χ0) is 9.86. The van der Waals surface area contributed by atoms with Gasteiger partial charge >= 0.3 is 0 Å². The Labute approximate surface area is 91.2 Å². The van der Waals surface area contributed by atoms with E-state index in [0.29, 0.717) is 0 Å². The highest BCUT2D eigenvalue weighted by atomic mass is 32.2. The van der Waals surface area contributed by atoms with Gasteiger partial charge in [-0.2, -0.15) is 11.8 Å². The molecule has 1 atom stereocenters. The summed E-state index contributed by atoms with van der Waals surface area (Å²) in [6.07, 6.45) is 4.41. The van der Waals surface area contributed by atoms with Gasteiger partial charge in [0, 0.05) is 13.7 Å². The van der Waals surface area contributed by atoms with Crippen molar-refractivity contribution in [3.05, 3.63) is 0 Å². The first-order valence-corrected chi connectivity index (χ1v) is 6.80. The Hall–Kier alpha value is 0.270. The second-order valence-corrected chi connectivity index (χ2v) is 5.80. The summed E-state index contributed by atoms with van der Waals surface area (Å²) in [6.45, 7) is 3.07. The van der Waals surface area contributed by atoms with Gasteiger partial charge in [-0.1, -0.05) is 0 Å². The fourth-order valence-corrected chi connectivity index (χ4v) is 3.87. The molecule has 1 saturated heterocycles. The molecule has 0 aromatic rings. The van der Waals surface area contributed by atoms with Crippen molar-refractivity contribution >= 4 is 11.8 Å². The smallest absolute Gasteiger partial charge is 0.0587 e. The van der Waals surface area contributed by atoms with Crippen LogP contribution in [0.2, 0.25) is 0 Å². The van der Waals surface area contributed by atoms with E-state index in [0.717, 1.165) is 24.5 Å². The predicted molar refractivity (Wildman–Crippen MR) is 61.8 cm³/mol. The molecule has 1 unspecified atom stereocenters. The van der Waals surface area contributed by atoms with E-state index in [1.54, 1.807) is 7.11 Å². The average Bonchev–Trinajstić information content (AvgIpc) is 2.87. The third-order valence-corrected chi connectivity index (χ3v) is 4.71. The van der Waals surface area contributed by atoms with Crippen molar-refractivity contribution in [1.82, 2.24) is 5.32 Å². The highest BCUT2D eigenvalue weighted by Crippen LogP contribution is 2.60. The average molecular weight is 215 g/mol. The largest absolute Gasteiger partial charge is 0.383 e. The minimum atomic E-state index is 0.769. The normalized spacial score (nSPS) is 29.4. The van der Waals surface area contributed by atoms with Gasteiger partial charge in [-0.05, 0) is 48.6 Å². The quantitative estimate of drug-likeness (QED) is 0.706. The molecule has 1 N–H and O–H groups in total. The van der Waals surface area contributed by atoms with Gasteiger partial charge in [-0.25, -0.2) is 0 Å². The highest BCUT2D eigenvalue weighted by Gasteiger charge is 2.53. The van der Waals surface area contributed by atoms with Gasteiger partial charge in [-0.3, -0.25) is 0 Å². The van der Waals surface area contributed by atoms with E-state index in [9.17, 15) is 0 Å². The second kappa shape index (κ2) is 4.86. The van der Waals surface area contributed by atoms with Crippen molar-refractivity contribution in [3.63, 3.8) is 0 Å². The Kier molecular flexibility index (Phi) is 3.74. The van der Waals surface area contributed by atoms with Crippen LogP contribution in [0.25, 0.3) is 0 Å². The molecule has 14 heavy (non-hydrogen) atoms. The van der Waals surface area contributed by atoms with Crippen LogP contribution in [-0.4, -0.2) is 38.3 Å². The molecule has 0 aromatic carbocycles. The lowest BCUT2D eigenvalue weighted by Gasteiger charge is -2.22. The number of ether oxygens (including phenoxy) is 1. The number of hydrogen-bond donors (Lipinski definition) is 1. The monoisotopic (exact) mass is 215 g/mol. The minimum absolute atomic E-state index is 0.769. The number of methoxy groups -OCH3 is 1. The molecule has 0 aromatic heterocycles. The molecule has 1 spiro atoms. The molecule has 1 aliphatic heterocycles. The first kappa shape index (κ1) is 10.8. The van der Waals surface area contributed by atoms with Crippen LogP contribution >= 0.6 is 11.8 Å². The maximum Gasteiger partial charge on any atom is 0.0587 e. The summed E-state index contributed by atoms with van der Waals surface area (Å²) in [4.78, 5) is 0. The van der Waals surface area contributed by atoms with Gasteiger partial charge < -0.3 is 10.1 Å². The van der Waals surface area contributed by atoms with Crippen molar-refractivity contribution in [1.29, 1.82) is 0 Å². The maximum atomic E-state index is 5.02.